The molecule has 17 heavy (non-hydrogen) atoms. The maximum Gasteiger partial charge on any atom is 0.131 e. The normalized spacial score (nSPS) is 15.5. The van der Waals surface area contributed by atoms with Crippen molar-refractivity contribution < 1.29 is 5.11 Å². The number of hydrogen-bond donors (Lipinski definition) is 2. The van der Waals surface area contributed by atoms with Crippen LogP contribution in [0, 0.1) is 0 Å². The van der Waals surface area contributed by atoms with Gasteiger partial charge in [0.2, 0.25) is 0 Å². The van der Waals surface area contributed by atoms with Crippen molar-refractivity contribution in [3.05, 3.63) is 35.5 Å². The van der Waals surface area contributed by atoms with Gasteiger partial charge in [-0.3, -0.25) is 0 Å². The summed E-state index contributed by atoms with van der Waals surface area (Å²) in [6.07, 6.45) is 10.4. The lowest BCUT2D eigenvalue weighted by atomic mass is 9.97. The van der Waals surface area contributed by atoms with E-state index in [4.69, 9.17) is 0 Å². The zero-order chi connectivity index (χ0) is 11.9. The molecule has 2 N–H and O–H groups in total. The van der Waals surface area contributed by atoms with Crippen LogP contribution in [-0.2, 0) is 6.61 Å². The van der Waals surface area contributed by atoms with E-state index in [0.717, 1.165) is 24.3 Å². The van der Waals surface area contributed by atoms with Gasteiger partial charge in [-0.05, 0) is 38.2 Å². The van der Waals surface area contributed by atoms with Crippen LogP contribution in [0.4, 0.5) is 5.82 Å². The molecule has 1 aromatic rings. The largest absolute Gasteiger partial charge is 0.392 e. The summed E-state index contributed by atoms with van der Waals surface area (Å²) in [4.78, 5) is 4.24. The molecule has 0 unspecified atom stereocenters. The number of nitrogens with one attached hydrogen (secondary N) is 1. The van der Waals surface area contributed by atoms with Gasteiger partial charge >= 0.3 is 0 Å². The van der Waals surface area contributed by atoms with Crippen LogP contribution < -0.4 is 5.32 Å². The average Bonchev–Trinajstić information content (AvgIpc) is 2.40. The lowest BCUT2D eigenvalue weighted by molar-refractivity contribution is 0.282. The lowest BCUT2D eigenvalue weighted by Gasteiger charge is -2.14. The summed E-state index contributed by atoms with van der Waals surface area (Å²) in [5.74, 6) is 0.811. The van der Waals surface area contributed by atoms with Gasteiger partial charge in [-0.1, -0.05) is 17.7 Å². The molecule has 1 aromatic heterocycles. The highest BCUT2D eigenvalue weighted by Gasteiger charge is 2.04. The van der Waals surface area contributed by atoms with Crippen LogP contribution in [0.15, 0.2) is 30.0 Å². The Bertz CT molecular complexity index is 388. The van der Waals surface area contributed by atoms with Crippen molar-refractivity contribution in [3.8, 4) is 0 Å². The Hall–Kier alpha value is -1.35. The minimum atomic E-state index is 0.0405. The summed E-state index contributed by atoms with van der Waals surface area (Å²) in [7, 11) is 0. The molecule has 1 heterocycles. The number of aliphatic hydroxyl groups excluding tert-OH is 1. The zero-order valence-corrected chi connectivity index (χ0v) is 10.2. The van der Waals surface area contributed by atoms with Crippen LogP contribution >= 0.6 is 0 Å². The van der Waals surface area contributed by atoms with Crippen molar-refractivity contribution in [2.75, 3.05) is 11.9 Å². The average molecular weight is 232 g/mol. The van der Waals surface area contributed by atoms with Gasteiger partial charge < -0.3 is 10.4 Å². The third kappa shape index (κ3) is 3.56. The predicted octanol–water partition coefficient (Wildman–Crippen LogP) is 2.88. The molecule has 1 aliphatic carbocycles. The van der Waals surface area contributed by atoms with Gasteiger partial charge in [-0.2, -0.15) is 0 Å². The second kappa shape index (κ2) is 6.40. The monoisotopic (exact) mass is 232 g/mol. The second-order valence-electron chi connectivity index (χ2n) is 4.45. The molecule has 0 saturated heterocycles. The van der Waals surface area contributed by atoms with Gasteiger partial charge in [-0.25, -0.2) is 4.98 Å². The number of pyridine rings is 1. The van der Waals surface area contributed by atoms with Crippen LogP contribution in [0.2, 0.25) is 0 Å². The Labute approximate surface area is 103 Å². The lowest BCUT2D eigenvalue weighted by Crippen LogP contribution is -2.07. The molecule has 92 valence electrons. The third-order valence-electron chi connectivity index (χ3n) is 3.19. The molecule has 3 nitrogen and oxygen atoms in total. The Kier molecular flexibility index (Phi) is 4.56. The van der Waals surface area contributed by atoms with Crippen LogP contribution in [0.25, 0.3) is 0 Å². The first-order valence-electron chi connectivity index (χ1n) is 6.36. The molecular weight excluding hydrogens is 212 g/mol. The number of aromatic nitrogens is 1. The van der Waals surface area contributed by atoms with Crippen LogP contribution in [0.1, 0.15) is 37.7 Å². The van der Waals surface area contributed by atoms with E-state index in [2.05, 4.69) is 16.4 Å². The number of nitrogens with zero attached hydrogens (tertiary/aromatic N) is 1. The molecule has 0 amide bonds. The van der Waals surface area contributed by atoms with E-state index in [1.54, 1.807) is 11.8 Å². The van der Waals surface area contributed by atoms with Crippen LogP contribution in [0.5, 0.6) is 0 Å². The molecule has 2 rings (SSSR count). The standard InChI is InChI=1S/C14H20N2O/c17-11-13-7-4-9-15-14(13)16-10-8-12-5-2-1-3-6-12/h4-5,7,9,17H,1-3,6,8,10-11H2,(H,15,16). The zero-order valence-electron chi connectivity index (χ0n) is 10.2. The predicted molar refractivity (Wildman–Crippen MR) is 69.8 cm³/mol. The van der Waals surface area contributed by atoms with Gasteiger partial charge in [0.05, 0.1) is 6.61 Å². The molecule has 0 radical (unpaired) electrons. The molecule has 0 saturated carbocycles. The second-order valence-corrected chi connectivity index (χ2v) is 4.45. The summed E-state index contributed by atoms with van der Waals surface area (Å²) >= 11 is 0. The Balaban J connectivity index is 1.83. The molecular formula is C14H20N2O. The quantitative estimate of drug-likeness (QED) is 0.767. The summed E-state index contributed by atoms with van der Waals surface area (Å²) in [5, 5.41) is 12.5. The van der Waals surface area contributed by atoms with Crippen LogP contribution in [-0.4, -0.2) is 16.6 Å². The molecule has 0 fully saturated rings. The summed E-state index contributed by atoms with van der Waals surface area (Å²) in [6, 6.07) is 3.75. The highest BCUT2D eigenvalue weighted by atomic mass is 16.3. The highest BCUT2D eigenvalue weighted by Crippen LogP contribution is 2.20. The molecule has 0 atom stereocenters. The maximum absolute atomic E-state index is 9.18. The number of rotatable bonds is 5. The smallest absolute Gasteiger partial charge is 0.131 e. The Morgan fingerprint density at radius 2 is 2.29 bits per heavy atom. The van der Waals surface area contributed by atoms with Gasteiger partial charge in [0.25, 0.3) is 0 Å². The van der Waals surface area contributed by atoms with Crippen LogP contribution in [0.3, 0.4) is 0 Å². The topological polar surface area (TPSA) is 45.2 Å². The van der Waals surface area contributed by atoms with E-state index in [1.807, 2.05) is 12.1 Å². The van der Waals surface area contributed by atoms with Crippen molar-refractivity contribution in [3.63, 3.8) is 0 Å². The maximum atomic E-state index is 9.18. The minimum absolute atomic E-state index is 0.0405. The Morgan fingerprint density at radius 3 is 3.06 bits per heavy atom. The fourth-order valence-electron chi connectivity index (χ4n) is 2.20. The first kappa shape index (κ1) is 12.1. The van der Waals surface area contributed by atoms with Gasteiger partial charge in [-0.15, -0.1) is 0 Å². The summed E-state index contributed by atoms with van der Waals surface area (Å²) < 4.78 is 0. The van der Waals surface area contributed by atoms with Crippen molar-refractivity contribution in [1.29, 1.82) is 0 Å². The molecule has 1 aliphatic rings. The minimum Gasteiger partial charge on any atom is -0.392 e. The number of hydrogen-bond acceptors (Lipinski definition) is 3. The van der Waals surface area contributed by atoms with E-state index in [1.165, 1.54) is 25.7 Å². The van der Waals surface area contributed by atoms with Gasteiger partial charge in [0.1, 0.15) is 5.82 Å². The van der Waals surface area contributed by atoms with Gasteiger partial charge in [0, 0.05) is 18.3 Å². The SMILES string of the molecule is OCc1cccnc1NCCC1=CCCCC1. The molecule has 0 aliphatic heterocycles. The van der Waals surface area contributed by atoms with Crippen molar-refractivity contribution >= 4 is 5.82 Å². The molecule has 0 bridgehead atoms. The summed E-state index contributed by atoms with van der Waals surface area (Å²) in [5.41, 5.74) is 2.43. The Morgan fingerprint density at radius 1 is 1.35 bits per heavy atom. The fourth-order valence-corrected chi connectivity index (χ4v) is 2.20. The fraction of sp³-hybridized carbons (Fsp3) is 0.500. The van der Waals surface area contributed by atoms with Gasteiger partial charge in [0.15, 0.2) is 0 Å². The molecule has 0 spiro atoms. The highest BCUT2D eigenvalue weighted by molar-refractivity contribution is 5.43. The number of anilines is 1. The first-order valence-corrected chi connectivity index (χ1v) is 6.36. The van der Waals surface area contributed by atoms with Crippen molar-refractivity contribution in [2.24, 2.45) is 0 Å². The third-order valence-corrected chi connectivity index (χ3v) is 3.19. The van der Waals surface area contributed by atoms with E-state index < -0.39 is 0 Å². The van der Waals surface area contributed by atoms with E-state index in [0.29, 0.717) is 0 Å². The number of aliphatic hydroxyl groups is 1. The van der Waals surface area contributed by atoms with Crippen molar-refractivity contribution in [1.82, 2.24) is 4.98 Å². The van der Waals surface area contributed by atoms with Crippen molar-refractivity contribution in [2.45, 2.75) is 38.7 Å². The molecule has 3 heteroatoms. The van der Waals surface area contributed by atoms with E-state index in [-0.39, 0.29) is 6.61 Å². The molecule has 0 aromatic carbocycles. The van der Waals surface area contributed by atoms with E-state index in [9.17, 15) is 5.11 Å². The summed E-state index contributed by atoms with van der Waals surface area (Å²) in [6.45, 7) is 0.939. The van der Waals surface area contributed by atoms with E-state index >= 15 is 0 Å². The first-order chi connectivity index (χ1) is 8.40. The number of allylic oxidation sites excluding steroid dienone is 1.